The molecule has 1 aromatic rings. The van der Waals surface area contributed by atoms with Crippen LogP contribution < -0.4 is 4.72 Å². The van der Waals surface area contributed by atoms with Gasteiger partial charge in [-0.25, -0.2) is 13.1 Å². The standard InChI is InChI=1S/C19H26ClN3O5S/c1-14(18(24)22-9-11-28-12-10-22)23-8-6-17(19(23)25)21-29(26,27)13-7-15-2-4-16(20)5-3-15/h2-5,14,17,21H,6-13H2,1H3. The topological polar surface area (TPSA) is 96.0 Å². The van der Waals surface area contributed by atoms with Crippen LogP contribution in [0.1, 0.15) is 18.9 Å². The molecule has 160 valence electrons. The summed E-state index contributed by atoms with van der Waals surface area (Å²) in [6.07, 6.45) is 0.669. The molecule has 1 aromatic carbocycles. The van der Waals surface area contributed by atoms with Crippen LogP contribution in [0.25, 0.3) is 0 Å². The summed E-state index contributed by atoms with van der Waals surface area (Å²) in [5.41, 5.74) is 0.851. The highest BCUT2D eigenvalue weighted by Crippen LogP contribution is 2.18. The number of carbonyl (C=O) groups is 2. The summed E-state index contributed by atoms with van der Waals surface area (Å²) < 4.78 is 32.6. The van der Waals surface area contributed by atoms with Crippen LogP contribution in [0.2, 0.25) is 5.02 Å². The third-order valence-corrected chi connectivity index (χ3v) is 6.92. The van der Waals surface area contributed by atoms with Crippen LogP contribution in [0, 0.1) is 0 Å². The number of morpholine rings is 1. The fourth-order valence-electron chi connectivity index (χ4n) is 3.56. The van der Waals surface area contributed by atoms with Gasteiger partial charge in [0.15, 0.2) is 0 Å². The number of sulfonamides is 1. The molecule has 0 aromatic heterocycles. The number of carbonyl (C=O) groups excluding carboxylic acids is 2. The lowest BCUT2D eigenvalue weighted by molar-refractivity contribution is -0.146. The SMILES string of the molecule is CC(C(=O)N1CCOCC1)N1CCC(NS(=O)(=O)CCc2ccc(Cl)cc2)C1=O. The number of aryl methyl sites for hydroxylation is 1. The summed E-state index contributed by atoms with van der Waals surface area (Å²) in [5, 5.41) is 0.590. The number of ether oxygens (including phenoxy) is 1. The van der Waals surface area contributed by atoms with Crippen LogP contribution >= 0.6 is 11.6 Å². The molecule has 2 aliphatic rings. The molecular weight excluding hydrogens is 418 g/mol. The summed E-state index contributed by atoms with van der Waals surface area (Å²) >= 11 is 5.84. The Morgan fingerprint density at radius 3 is 2.55 bits per heavy atom. The van der Waals surface area contributed by atoms with Crippen LogP contribution in [0.4, 0.5) is 0 Å². The fourth-order valence-corrected chi connectivity index (χ4v) is 4.96. The number of hydrogen-bond donors (Lipinski definition) is 1. The number of hydrogen-bond acceptors (Lipinski definition) is 5. The molecule has 2 amide bonds. The first-order valence-corrected chi connectivity index (χ1v) is 11.7. The van der Waals surface area contributed by atoms with Crippen LogP contribution in [-0.2, 0) is 30.8 Å². The van der Waals surface area contributed by atoms with E-state index in [-0.39, 0.29) is 17.6 Å². The van der Waals surface area contributed by atoms with E-state index in [9.17, 15) is 18.0 Å². The summed E-state index contributed by atoms with van der Waals surface area (Å²) in [6.45, 7) is 4.02. The fraction of sp³-hybridized carbons (Fsp3) is 0.579. The van der Waals surface area contributed by atoms with Crippen molar-refractivity contribution < 1.29 is 22.7 Å². The van der Waals surface area contributed by atoms with E-state index in [0.29, 0.717) is 50.7 Å². The Hall–Kier alpha value is -1.68. The largest absolute Gasteiger partial charge is 0.378 e. The van der Waals surface area contributed by atoms with Crippen molar-refractivity contribution in [1.29, 1.82) is 0 Å². The van der Waals surface area contributed by atoms with E-state index in [0.717, 1.165) is 5.56 Å². The van der Waals surface area contributed by atoms with Gasteiger partial charge in [0.2, 0.25) is 21.8 Å². The van der Waals surface area contributed by atoms with Crippen molar-refractivity contribution in [2.75, 3.05) is 38.6 Å². The quantitative estimate of drug-likeness (QED) is 0.667. The van der Waals surface area contributed by atoms with Crippen molar-refractivity contribution in [1.82, 2.24) is 14.5 Å². The van der Waals surface area contributed by atoms with Crippen LogP contribution in [0.3, 0.4) is 0 Å². The minimum Gasteiger partial charge on any atom is -0.378 e. The second-order valence-electron chi connectivity index (χ2n) is 7.30. The molecule has 0 saturated carbocycles. The summed E-state index contributed by atoms with van der Waals surface area (Å²) in [5.74, 6) is -0.609. The summed E-state index contributed by atoms with van der Waals surface area (Å²) in [4.78, 5) is 28.5. The highest BCUT2D eigenvalue weighted by Gasteiger charge is 2.39. The Morgan fingerprint density at radius 1 is 1.24 bits per heavy atom. The maximum absolute atomic E-state index is 12.7. The Labute approximate surface area is 176 Å². The maximum atomic E-state index is 12.7. The Balaban J connectivity index is 1.54. The Kier molecular flexibility index (Phi) is 7.15. The van der Waals surface area contributed by atoms with Crippen molar-refractivity contribution in [2.45, 2.75) is 31.8 Å². The van der Waals surface area contributed by atoms with Crippen molar-refractivity contribution in [3.05, 3.63) is 34.9 Å². The van der Waals surface area contributed by atoms with E-state index in [1.54, 1.807) is 36.1 Å². The molecule has 1 N–H and O–H groups in total. The van der Waals surface area contributed by atoms with Gasteiger partial charge in [-0.05, 0) is 37.5 Å². The van der Waals surface area contributed by atoms with Gasteiger partial charge in [-0.15, -0.1) is 0 Å². The van der Waals surface area contributed by atoms with Crippen molar-refractivity contribution in [2.24, 2.45) is 0 Å². The molecule has 29 heavy (non-hydrogen) atoms. The molecule has 3 rings (SSSR count). The van der Waals surface area contributed by atoms with E-state index >= 15 is 0 Å². The molecular formula is C19H26ClN3O5S. The monoisotopic (exact) mass is 443 g/mol. The van der Waals surface area contributed by atoms with Gasteiger partial charge in [-0.1, -0.05) is 23.7 Å². The highest BCUT2D eigenvalue weighted by atomic mass is 35.5. The molecule has 0 bridgehead atoms. The van der Waals surface area contributed by atoms with Gasteiger partial charge in [0.25, 0.3) is 0 Å². The van der Waals surface area contributed by atoms with Crippen LogP contribution in [0.15, 0.2) is 24.3 Å². The smallest absolute Gasteiger partial charge is 0.245 e. The van der Waals surface area contributed by atoms with Crippen molar-refractivity contribution >= 4 is 33.4 Å². The predicted octanol–water partition coefficient (Wildman–Crippen LogP) is 0.650. The lowest BCUT2D eigenvalue weighted by Gasteiger charge is -2.32. The van der Waals surface area contributed by atoms with Gasteiger partial charge >= 0.3 is 0 Å². The number of benzene rings is 1. The zero-order valence-corrected chi connectivity index (χ0v) is 17.9. The van der Waals surface area contributed by atoms with Gasteiger partial charge in [0.05, 0.1) is 19.0 Å². The van der Waals surface area contributed by atoms with E-state index < -0.39 is 22.1 Å². The number of likely N-dealkylation sites (tertiary alicyclic amines) is 1. The second kappa shape index (κ2) is 9.42. The summed E-state index contributed by atoms with van der Waals surface area (Å²) in [7, 11) is -3.64. The molecule has 2 aliphatic heterocycles. The lowest BCUT2D eigenvalue weighted by Crippen LogP contribution is -2.52. The van der Waals surface area contributed by atoms with Gasteiger partial charge in [0, 0.05) is 24.7 Å². The van der Waals surface area contributed by atoms with Crippen LogP contribution in [-0.4, -0.2) is 80.7 Å². The van der Waals surface area contributed by atoms with Crippen molar-refractivity contribution in [3.8, 4) is 0 Å². The average Bonchev–Trinajstić information content (AvgIpc) is 3.06. The molecule has 8 nitrogen and oxygen atoms in total. The Morgan fingerprint density at radius 2 is 1.90 bits per heavy atom. The molecule has 2 atom stereocenters. The van der Waals surface area contributed by atoms with Gasteiger partial charge in [0.1, 0.15) is 12.1 Å². The van der Waals surface area contributed by atoms with Gasteiger partial charge in [-0.2, -0.15) is 0 Å². The molecule has 2 fully saturated rings. The average molecular weight is 444 g/mol. The van der Waals surface area contributed by atoms with E-state index in [1.165, 1.54) is 4.90 Å². The molecule has 10 heteroatoms. The first-order valence-electron chi connectivity index (χ1n) is 9.68. The first kappa shape index (κ1) is 22.0. The van der Waals surface area contributed by atoms with Gasteiger partial charge < -0.3 is 14.5 Å². The minimum absolute atomic E-state index is 0.124. The van der Waals surface area contributed by atoms with Crippen LogP contribution in [0.5, 0.6) is 0 Å². The number of rotatable bonds is 7. The molecule has 2 saturated heterocycles. The molecule has 0 radical (unpaired) electrons. The molecule has 2 unspecified atom stereocenters. The highest BCUT2D eigenvalue weighted by molar-refractivity contribution is 7.89. The summed E-state index contributed by atoms with van der Waals surface area (Å²) in [6, 6.07) is 5.53. The van der Waals surface area contributed by atoms with Gasteiger partial charge in [-0.3, -0.25) is 9.59 Å². The molecule has 0 spiro atoms. The van der Waals surface area contributed by atoms with E-state index in [4.69, 9.17) is 16.3 Å². The lowest BCUT2D eigenvalue weighted by atomic mass is 10.2. The zero-order valence-electron chi connectivity index (χ0n) is 16.3. The third-order valence-electron chi connectivity index (χ3n) is 5.28. The second-order valence-corrected chi connectivity index (χ2v) is 9.61. The van der Waals surface area contributed by atoms with E-state index in [1.807, 2.05) is 0 Å². The first-order chi connectivity index (χ1) is 13.8. The zero-order chi connectivity index (χ0) is 21.0. The number of amides is 2. The predicted molar refractivity (Wildman–Crippen MR) is 109 cm³/mol. The number of nitrogens with zero attached hydrogens (tertiary/aromatic N) is 2. The molecule has 0 aliphatic carbocycles. The van der Waals surface area contributed by atoms with E-state index in [2.05, 4.69) is 4.72 Å². The normalized spacial score (nSPS) is 21.4. The third kappa shape index (κ3) is 5.69. The number of nitrogens with one attached hydrogen (secondary N) is 1. The Bertz CT molecular complexity index is 840. The number of halogens is 1. The van der Waals surface area contributed by atoms with Crippen molar-refractivity contribution in [3.63, 3.8) is 0 Å². The molecule has 2 heterocycles. The maximum Gasteiger partial charge on any atom is 0.245 e. The minimum atomic E-state index is -3.64.